The summed E-state index contributed by atoms with van der Waals surface area (Å²) >= 11 is 0. The highest BCUT2D eigenvalue weighted by Crippen LogP contribution is 2.31. The number of halogens is 1. The van der Waals surface area contributed by atoms with Crippen LogP contribution in [0.15, 0.2) is 18.2 Å². The molecule has 4 heteroatoms. The van der Waals surface area contributed by atoms with Crippen LogP contribution < -0.4 is 10.1 Å². The van der Waals surface area contributed by atoms with E-state index in [1.165, 1.54) is 0 Å². The Bertz CT molecular complexity index is 425. The largest absolute Gasteiger partial charge is 0.485 e. The van der Waals surface area contributed by atoms with E-state index < -0.39 is 0 Å². The van der Waals surface area contributed by atoms with Crippen molar-refractivity contribution in [2.45, 2.75) is 44.9 Å². The van der Waals surface area contributed by atoms with Crippen LogP contribution in [0.4, 0.5) is 4.39 Å². The van der Waals surface area contributed by atoms with E-state index in [1.807, 2.05) is 13.1 Å². The van der Waals surface area contributed by atoms with Gasteiger partial charge in [-0.25, -0.2) is 4.39 Å². The van der Waals surface area contributed by atoms with Crippen LogP contribution in [0.25, 0.3) is 0 Å². The Balaban J connectivity index is 2.00. The quantitative estimate of drug-likeness (QED) is 0.859. The lowest BCUT2D eigenvalue weighted by Gasteiger charge is -2.43. The number of rotatable bonds is 6. The second-order valence-corrected chi connectivity index (χ2v) is 5.01. The van der Waals surface area contributed by atoms with Crippen LogP contribution in [0.5, 0.6) is 5.75 Å². The summed E-state index contributed by atoms with van der Waals surface area (Å²) in [5.74, 6) is 0.0503. The van der Waals surface area contributed by atoms with E-state index in [4.69, 9.17) is 9.47 Å². The summed E-state index contributed by atoms with van der Waals surface area (Å²) in [6, 6.07) is 5.52. The third-order valence-electron chi connectivity index (χ3n) is 3.57. The summed E-state index contributed by atoms with van der Waals surface area (Å²) in [4.78, 5) is 0. The molecule has 0 saturated heterocycles. The topological polar surface area (TPSA) is 30.5 Å². The lowest BCUT2D eigenvalue weighted by Crippen LogP contribution is -2.60. The Labute approximate surface area is 114 Å². The summed E-state index contributed by atoms with van der Waals surface area (Å²) in [5.41, 5.74) is 0.605. The van der Waals surface area contributed by atoms with Crippen molar-refractivity contribution in [1.82, 2.24) is 5.32 Å². The van der Waals surface area contributed by atoms with E-state index in [0.29, 0.717) is 24.0 Å². The number of aryl methyl sites for hydroxylation is 1. The first-order chi connectivity index (χ1) is 9.17. The van der Waals surface area contributed by atoms with Crippen molar-refractivity contribution >= 4 is 0 Å². The van der Waals surface area contributed by atoms with Crippen LogP contribution in [0.2, 0.25) is 0 Å². The molecule has 1 aromatic rings. The second kappa shape index (κ2) is 6.35. The molecule has 19 heavy (non-hydrogen) atoms. The monoisotopic (exact) mass is 267 g/mol. The molecular formula is C15H22FNO2. The molecule has 1 saturated carbocycles. The minimum atomic E-state index is -0.273. The van der Waals surface area contributed by atoms with Gasteiger partial charge in [-0.1, -0.05) is 19.1 Å². The van der Waals surface area contributed by atoms with Gasteiger partial charge in [0.1, 0.15) is 12.2 Å². The summed E-state index contributed by atoms with van der Waals surface area (Å²) in [6.45, 7) is 4.52. The van der Waals surface area contributed by atoms with Crippen molar-refractivity contribution in [2.24, 2.45) is 0 Å². The van der Waals surface area contributed by atoms with E-state index in [-0.39, 0.29) is 18.0 Å². The summed E-state index contributed by atoms with van der Waals surface area (Å²) < 4.78 is 25.4. The molecule has 0 bridgehead atoms. The second-order valence-electron chi connectivity index (χ2n) is 5.01. The van der Waals surface area contributed by atoms with Crippen molar-refractivity contribution in [3.63, 3.8) is 0 Å². The fourth-order valence-electron chi connectivity index (χ4n) is 2.33. The number of hydrogen-bond donors (Lipinski definition) is 1. The molecule has 3 nitrogen and oxygen atoms in total. The first kappa shape index (κ1) is 14.3. The van der Waals surface area contributed by atoms with Gasteiger partial charge in [-0.15, -0.1) is 0 Å². The SMILES string of the molecule is CCCOC1C(NC)CC1Oc1cccc(C)c1F. The average Bonchev–Trinajstić information content (AvgIpc) is 2.39. The van der Waals surface area contributed by atoms with Crippen molar-refractivity contribution in [3.8, 4) is 5.75 Å². The van der Waals surface area contributed by atoms with Gasteiger partial charge < -0.3 is 14.8 Å². The molecule has 1 fully saturated rings. The molecule has 0 amide bonds. The summed E-state index contributed by atoms with van der Waals surface area (Å²) in [7, 11) is 1.91. The number of ether oxygens (including phenoxy) is 2. The van der Waals surface area contributed by atoms with E-state index >= 15 is 0 Å². The van der Waals surface area contributed by atoms with Crippen molar-refractivity contribution < 1.29 is 13.9 Å². The summed E-state index contributed by atoms with van der Waals surface area (Å²) in [5, 5.41) is 3.20. The highest BCUT2D eigenvalue weighted by Gasteiger charge is 2.43. The molecule has 1 N–H and O–H groups in total. The zero-order valence-electron chi connectivity index (χ0n) is 11.8. The lowest BCUT2D eigenvalue weighted by atomic mass is 9.85. The lowest BCUT2D eigenvalue weighted by molar-refractivity contribution is -0.107. The van der Waals surface area contributed by atoms with Gasteiger partial charge in [-0.05, 0) is 32.0 Å². The summed E-state index contributed by atoms with van der Waals surface area (Å²) in [6.07, 6.45) is 1.75. The Hall–Kier alpha value is -1.13. The molecule has 1 aliphatic rings. The Morgan fingerprint density at radius 2 is 2.21 bits per heavy atom. The van der Waals surface area contributed by atoms with Crippen LogP contribution >= 0.6 is 0 Å². The average molecular weight is 267 g/mol. The fourth-order valence-corrected chi connectivity index (χ4v) is 2.33. The fraction of sp³-hybridized carbons (Fsp3) is 0.600. The van der Waals surface area contributed by atoms with Crippen molar-refractivity contribution in [1.29, 1.82) is 0 Å². The van der Waals surface area contributed by atoms with E-state index in [0.717, 1.165) is 12.8 Å². The van der Waals surface area contributed by atoms with Gasteiger partial charge in [-0.3, -0.25) is 0 Å². The first-order valence-electron chi connectivity index (χ1n) is 6.88. The van der Waals surface area contributed by atoms with Crippen molar-refractivity contribution in [3.05, 3.63) is 29.6 Å². The number of likely N-dealkylation sites (N-methyl/N-ethyl adjacent to an activating group) is 1. The molecular weight excluding hydrogens is 245 g/mol. The van der Waals surface area contributed by atoms with Crippen LogP contribution in [-0.4, -0.2) is 31.9 Å². The van der Waals surface area contributed by atoms with Crippen LogP contribution in [-0.2, 0) is 4.74 Å². The van der Waals surface area contributed by atoms with E-state index in [1.54, 1.807) is 19.1 Å². The Morgan fingerprint density at radius 3 is 2.89 bits per heavy atom. The maximum absolute atomic E-state index is 13.9. The third kappa shape index (κ3) is 3.07. The zero-order valence-corrected chi connectivity index (χ0v) is 11.8. The molecule has 106 valence electrons. The van der Waals surface area contributed by atoms with Gasteiger partial charge in [0.2, 0.25) is 0 Å². The van der Waals surface area contributed by atoms with E-state index in [2.05, 4.69) is 12.2 Å². The van der Waals surface area contributed by atoms with E-state index in [9.17, 15) is 4.39 Å². The molecule has 2 rings (SSSR count). The zero-order chi connectivity index (χ0) is 13.8. The number of benzene rings is 1. The molecule has 0 spiro atoms. The van der Waals surface area contributed by atoms with Gasteiger partial charge in [0.05, 0.1) is 0 Å². The van der Waals surface area contributed by atoms with Crippen LogP contribution in [0, 0.1) is 12.7 Å². The van der Waals surface area contributed by atoms with Crippen molar-refractivity contribution in [2.75, 3.05) is 13.7 Å². The standard InChI is InChI=1S/C15H22FNO2/c1-4-8-18-15-11(17-3)9-13(15)19-12-7-5-6-10(2)14(12)16/h5-7,11,13,15,17H,4,8-9H2,1-3H3. The van der Waals surface area contributed by atoms with Gasteiger partial charge in [0.25, 0.3) is 0 Å². The van der Waals surface area contributed by atoms with Gasteiger partial charge in [-0.2, -0.15) is 0 Å². The molecule has 0 radical (unpaired) electrons. The smallest absolute Gasteiger partial charge is 0.167 e. The predicted molar refractivity (Wildman–Crippen MR) is 73.0 cm³/mol. The normalized spacial score (nSPS) is 26.0. The molecule has 1 aromatic carbocycles. The minimum Gasteiger partial charge on any atom is -0.485 e. The minimum absolute atomic E-state index is 0.00450. The van der Waals surface area contributed by atoms with Gasteiger partial charge in [0, 0.05) is 19.1 Å². The maximum Gasteiger partial charge on any atom is 0.167 e. The highest BCUT2D eigenvalue weighted by molar-refractivity contribution is 5.30. The third-order valence-corrected chi connectivity index (χ3v) is 3.57. The Kier molecular flexibility index (Phi) is 4.77. The first-order valence-corrected chi connectivity index (χ1v) is 6.88. The molecule has 0 aliphatic heterocycles. The van der Waals surface area contributed by atoms with Gasteiger partial charge >= 0.3 is 0 Å². The molecule has 0 aromatic heterocycles. The van der Waals surface area contributed by atoms with Crippen LogP contribution in [0.3, 0.4) is 0 Å². The molecule has 0 heterocycles. The predicted octanol–water partition coefficient (Wildman–Crippen LogP) is 2.67. The molecule has 3 atom stereocenters. The van der Waals surface area contributed by atoms with Crippen LogP contribution in [0.1, 0.15) is 25.3 Å². The highest BCUT2D eigenvalue weighted by atomic mass is 19.1. The number of hydrogen-bond acceptors (Lipinski definition) is 3. The molecule has 3 unspecified atom stereocenters. The number of nitrogens with one attached hydrogen (secondary N) is 1. The Morgan fingerprint density at radius 1 is 1.42 bits per heavy atom. The van der Waals surface area contributed by atoms with Gasteiger partial charge in [0.15, 0.2) is 11.6 Å². The molecule has 1 aliphatic carbocycles. The maximum atomic E-state index is 13.9.